The zero-order valence-electron chi connectivity index (χ0n) is 15.6. The van der Waals surface area contributed by atoms with Gasteiger partial charge in [0.25, 0.3) is 5.91 Å². The van der Waals surface area contributed by atoms with Gasteiger partial charge in [-0.05, 0) is 43.2 Å². The number of amides is 2. The van der Waals surface area contributed by atoms with Crippen LogP contribution < -0.4 is 0 Å². The second-order valence-electron chi connectivity index (χ2n) is 8.85. The first-order valence-electron chi connectivity index (χ1n) is 9.84. The Morgan fingerprint density at radius 2 is 1.77 bits per heavy atom. The van der Waals surface area contributed by atoms with Crippen LogP contribution in [0.25, 0.3) is 0 Å². The van der Waals surface area contributed by atoms with Crippen molar-refractivity contribution in [3.63, 3.8) is 0 Å². The largest absolute Gasteiger partial charge is 0.343 e. The topological polar surface area (TPSA) is 66.4 Å². The standard InChI is InChI=1S/C20H28N4O2/c1-19(6-2-3-7-19)13-17(25)23-11-8-20(9-12-23)14-24(15-20)18(26)16-5-4-10-21-22-16/h4-5,10H,2-3,6-9,11-15H2,1H3. The van der Waals surface area contributed by atoms with Crippen molar-refractivity contribution in [2.75, 3.05) is 26.2 Å². The summed E-state index contributed by atoms with van der Waals surface area (Å²) in [5.74, 6) is 0.299. The summed E-state index contributed by atoms with van der Waals surface area (Å²) < 4.78 is 0. The lowest BCUT2D eigenvalue weighted by molar-refractivity contribution is -0.137. The molecule has 4 rings (SSSR count). The zero-order chi connectivity index (χ0) is 18.2. The van der Waals surface area contributed by atoms with E-state index >= 15 is 0 Å². The molecule has 0 bridgehead atoms. The Kier molecular flexibility index (Phi) is 4.45. The number of piperidine rings is 1. The first-order valence-corrected chi connectivity index (χ1v) is 9.84. The maximum absolute atomic E-state index is 12.7. The van der Waals surface area contributed by atoms with E-state index in [0.717, 1.165) is 39.0 Å². The Balaban J connectivity index is 1.27. The van der Waals surface area contributed by atoms with Gasteiger partial charge in [0.15, 0.2) is 5.69 Å². The first-order chi connectivity index (χ1) is 12.5. The van der Waals surface area contributed by atoms with Crippen molar-refractivity contribution in [2.24, 2.45) is 10.8 Å². The van der Waals surface area contributed by atoms with Gasteiger partial charge in [-0.2, -0.15) is 5.10 Å². The number of carbonyl (C=O) groups excluding carboxylic acids is 2. The normalized spacial score (nSPS) is 23.7. The van der Waals surface area contributed by atoms with Crippen molar-refractivity contribution >= 4 is 11.8 Å². The van der Waals surface area contributed by atoms with E-state index in [2.05, 4.69) is 22.0 Å². The third kappa shape index (κ3) is 3.33. The molecule has 1 spiro atoms. The van der Waals surface area contributed by atoms with Gasteiger partial charge in [0.2, 0.25) is 5.91 Å². The predicted octanol–water partition coefficient (Wildman–Crippen LogP) is 2.51. The van der Waals surface area contributed by atoms with Crippen molar-refractivity contribution in [3.8, 4) is 0 Å². The van der Waals surface area contributed by atoms with Crippen LogP contribution in [0.1, 0.15) is 62.4 Å². The van der Waals surface area contributed by atoms with Crippen LogP contribution in [0, 0.1) is 10.8 Å². The molecule has 0 unspecified atom stereocenters. The highest BCUT2D eigenvalue weighted by Gasteiger charge is 2.47. The third-order valence-electron chi connectivity index (χ3n) is 6.70. The van der Waals surface area contributed by atoms with Crippen LogP contribution in [0.3, 0.4) is 0 Å². The number of rotatable bonds is 3. The summed E-state index contributed by atoms with van der Waals surface area (Å²) in [6.45, 7) is 5.50. The van der Waals surface area contributed by atoms with Gasteiger partial charge < -0.3 is 9.80 Å². The molecule has 2 amide bonds. The van der Waals surface area contributed by atoms with E-state index in [9.17, 15) is 9.59 Å². The highest BCUT2D eigenvalue weighted by atomic mass is 16.2. The minimum atomic E-state index is -0.0311. The molecule has 140 valence electrons. The van der Waals surface area contributed by atoms with E-state index in [1.807, 2.05) is 4.90 Å². The molecule has 3 aliphatic rings. The molecule has 0 aromatic carbocycles. The molecule has 3 heterocycles. The van der Waals surface area contributed by atoms with E-state index in [-0.39, 0.29) is 16.7 Å². The van der Waals surface area contributed by atoms with Gasteiger partial charge in [-0.25, -0.2) is 0 Å². The fraction of sp³-hybridized carbons (Fsp3) is 0.700. The van der Waals surface area contributed by atoms with Crippen molar-refractivity contribution in [2.45, 2.75) is 51.9 Å². The Hall–Kier alpha value is -1.98. The van der Waals surface area contributed by atoms with Gasteiger partial charge in [-0.1, -0.05) is 19.8 Å². The molecule has 6 heteroatoms. The second kappa shape index (κ2) is 6.63. The summed E-state index contributed by atoms with van der Waals surface area (Å²) in [4.78, 5) is 29.0. The van der Waals surface area contributed by atoms with Gasteiger partial charge in [-0.3, -0.25) is 9.59 Å². The molecule has 0 atom stereocenters. The van der Waals surface area contributed by atoms with Crippen molar-refractivity contribution in [1.29, 1.82) is 0 Å². The van der Waals surface area contributed by atoms with Crippen molar-refractivity contribution in [1.82, 2.24) is 20.0 Å². The van der Waals surface area contributed by atoms with E-state index in [4.69, 9.17) is 0 Å². The van der Waals surface area contributed by atoms with Crippen LogP contribution >= 0.6 is 0 Å². The molecule has 1 aromatic heterocycles. The SMILES string of the molecule is CC1(CC(=O)N2CCC3(CC2)CN(C(=O)c2cccnn2)C3)CCCC1. The second-order valence-corrected chi connectivity index (χ2v) is 8.85. The van der Waals surface area contributed by atoms with Gasteiger partial charge in [0.1, 0.15) is 0 Å². The number of hydrogen-bond acceptors (Lipinski definition) is 4. The fourth-order valence-corrected chi connectivity index (χ4v) is 4.91. The lowest BCUT2D eigenvalue weighted by Gasteiger charge is -2.54. The monoisotopic (exact) mass is 356 g/mol. The highest BCUT2D eigenvalue weighted by molar-refractivity contribution is 5.92. The summed E-state index contributed by atoms with van der Waals surface area (Å²) in [7, 11) is 0. The number of likely N-dealkylation sites (tertiary alicyclic amines) is 2. The average Bonchev–Trinajstić information content (AvgIpc) is 3.06. The van der Waals surface area contributed by atoms with Gasteiger partial charge in [0, 0.05) is 44.2 Å². The highest BCUT2D eigenvalue weighted by Crippen LogP contribution is 2.43. The molecule has 3 fully saturated rings. The Bertz CT molecular complexity index is 668. The van der Waals surface area contributed by atoms with Gasteiger partial charge >= 0.3 is 0 Å². The van der Waals surface area contributed by atoms with Gasteiger partial charge in [0.05, 0.1) is 0 Å². The van der Waals surface area contributed by atoms with Crippen LogP contribution in [0.5, 0.6) is 0 Å². The summed E-state index contributed by atoms with van der Waals surface area (Å²) >= 11 is 0. The van der Waals surface area contributed by atoms with Crippen molar-refractivity contribution in [3.05, 3.63) is 24.0 Å². The summed E-state index contributed by atoms with van der Waals surface area (Å²) in [6.07, 6.45) is 9.20. The minimum Gasteiger partial charge on any atom is -0.343 e. The first kappa shape index (κ1) is 17.4. The molecule has 0 N–H and O–H groups in total. The third-order valence-corrected chi connectivity index (χ3v) is 6.70. The molecule has 6 nitrogen and oxygen atoms in total. The molecule has 2 saturated heterocycles. The Morgan fingerprint density at radius 3 is 2.38 bits per heavy atom. The van der Waals surface area contributed by atoms with Crippen LogP contribution in [0.15, 0.2) is 18.3 Å². The van der Waals surface area contributed by atoms with E-state index in [0.29, 0.717) is 18.0 Å². The van der Waals surface area contributed by atoms with Crippen LogP contribution in [0.4, 0.5) is 0 Å². The van der Waals surface area contributed by atoms with Crippen LogP contribution in [-0.4, -0.2) is 58.0 Å². The zero-order valence-corrected chi connectivity index (χ0v) is 15.6. The quantitative estimate of drug-likeness (QED) is 0.835. The molecular weight excluding hydrogens is 328 g/mol. The van der Waals surface area contributed by atoms with Crippen LogP contribution in [0.2, 0.25) is 0 Å². The van der Waals surface area contributed by atoms with E-state index in [1.54, 1.807) is 18.3 Å². The maximum atomic E-state index is 12.7. The van der Waals surface area contributed by atoms with E-state index in [1.165, 1.54) is 25.7 Å². The average molecular weight is 356 g/mol. The summed E-state index contributed by atoms with van der Waals surface area (Å²) in [5.41, 5.74) is 0.842. The van der Waals surface area contributed by atoms with Crippen LogP contribution in [-0.2, 0) is 4.79 Å². The maximum Gasteiger partial charge on any atom is 0.274 e. The molecule has 1 aromatic rings. The molecular formula is C20H28N4O2. The predicted molar refractivity (Wildman–Crippen MR) is 97.4 cm³/mol. The summed E-state index contributed by atoms with van der Waals surface area (Å²) in [5, 5.41) is 7.70. The molecule has 0 radical (unpaired) electrons. The fourth-order valence-electron chi connectivity index (χ4n) is 4.91. The Morgan fingerprint density at radius 1 is 1.08 bits per heavy atom. The van der Waals surface area contributed by atoms with E-state index < -0.39 is 0 Å². The lowest BCUT2D eigenvalue weighted by Crippen LogP contribution is -2.62. The number of hydrogen-bond donors (Lipinski definition) is 0. The molecule has 2 aliphatic heterocycles. The summed E-state index contributed by atoms with van der Waals surface area (Å²) in [6, 6.07) is 3.45. The molecule has 1 saturated carbocycles. The number of aromatic nitrogens is 2. The molecule has 1 aliphatic carbocycles. The smallest absolute Gasteiger partial charge is 0.274 e. The Labute approximate surface area is 155 Å². The minimum absolute atomic E-state index is 0.0311. The number of nitrogens with zero attached hydrogens (tertiary/aromatic N) is 4. The van der Waals surface area contributed by atoms with Gasteiger partial charge in [-0.15, -0.1) is 5.10 Å². The lowest BCUT2D eigenvalue weighted by atomic mass is 9.71. The molecule has 26 heavy (non-hydrogen) atoms. The number of carbonyl (C=O) groups is 2. The van der Waals surface area contributed by atoms with Crippen molar-refractivity contribution < 1.29 is 9.59 Å².